The van der Waals surface area contributed by atoms with Crippen LogP contribution in [-0.4, -0.2) is 135 Å². The highest BCUT2D eigenvalue weighted by Crippen LogP contribution is 2.32. The Balaban J connectivity index is 1.73. The largest absolute Gasteiger partial charge is 0.391 e. The van der Waals surface area contributed by atoms with Gasteiger partial charge in [0.2, 0.25) is 0 Å². The van der Waals surface area contributed by atoms with Gasteiger partial charge >= 0.3 is 0 Å². The number of likely N-dealkylation sites (N-methyl/N-ethyl adjacent to an activating group) is 1. The van der Waals surface area contributed by atoms with E-state index in [1.165, 1.54) is 13.8 Å². The third kappa shape index (κ3) is 5.40. The van der Waals surface area contributed by atoms with Crippen LogP contribution in [0.15, 0.2) is 0 Å². The number of hydrogen-bond acceptors (Lipinski definition) is 14. The summed E-state index contributed by atoms with van der Waals surface area (Å²) in [5.41, 5.74) is 17.0. The van der Waals surface area contributed by atoms with Crippen molar-refractivity contribution in [3.05, 3.63) is 0 Å². The minimum absolute atomic E-state index is 0.135. The number of nitrogens with two attached hydrogens (primary N) is 3. The Kier molecular flexibility index (Phi) is 8.92. The van der Waals surface area contributed by atoms with E-state index < -0.39 is 91.2 Å². The smallest absolute Gasteiger partial charge is 0.185 e. The fourth-order valence-corrected chi connectivity index (χ4v) is 4.95. The van der Waals surface area contributed by atoms with Crippen molar-refractivity contribution in [1.29, 1.82) is 0 Å². The number of hydrogen-bond donors (Lipinski definition) is 10. The van der Waals surface area contributed by atoms with Crippen LogP contribution >= 0.6 is 0 Å². The molecule has 0 aromatic heterocycles. The van der Waals surface area contributed by atoms with Crippen molar-refractivity contribution in [2.45, 2.75) is 111 Å². The van der Waals surface area contributed by atoms with E-state index in [1.807, 2.05) is 0 Å². The highest BCUT2D eigenvalue weighted by atomic mass is 16.7. The van der Waals surface area contributed by atoms with E-state index in [0.717, 1.165) is 0 Å². The Morgan fingerprint density at radius 1 is 0.941 bits per heavy atom. The van der Waals surface area contributed by atoms with E-state index in [9.17, 15) is 30.6 Å². The summed E-state index contributed by atoms with van der Waals surface area (Å²) in [6, 6.07) is -3.47. The summed E-state index contributed by atoms with van der Waals surface area (Å²) in [7, 11) is 1.58. The number of nitrogens with one attached hydrogen (secondary N) is 1. The van der Waals surface area contributed by atoms with Crippen LogP contribution in [0.4, 0.5) is 0 Å². The van der Waals surface area contributed by atoms with Crippen LogP contribution in [0.1, 0.15) is 20.3 Å². The van der Waals surface area contributed by atoms with Gasteiger partial charge in [0.25, 0.3) is 0 Å². The Morgan fingerprint density at radius 2 is 1.50 bits per heavy atom. The number of aliphatic hydroxyl groups is 6. The Labute approximate surface area is 197 Å². The van der Waals surface area contributed by atoms with Crippen molar-refractivity contribution in [3.63, 3.8) is 0 Å². The van der Waals surface area contributed by atoms with E-state index >= 15 is 0 Å². The van der Waals surface area contributed by atoms with E-state index in [2.05, 4.69) is 5.32 Å². The first-order valence-electron chi connectivity index (χ1n) is 11.4. The lowest BCUT2D eigenvalue weighted by Crippen LogP contribution is -2.69. The molecule has 6 unspecified atom stereocenters. The van der Waals surface area contributed by atoms with Crippen molar-refractivity contribution in [2.24, 2.45) is 17.2 Å². The predicted octanol–water partition coefficient (Wildman–Crippen LogP) is -5.61. The van der Waals surface area contributed by atoms with E-state index in [1.54, 1.807) is 7.05 Å². The molecule has 14 nitrogen and oxygen atoms in total. The predicted molar refractivity (Wildman–Crippen MR) is 116 cm³/mol. The summed E-state index contributed by atoms with van der Waals surface area (Å²) in [5.74, 6) is 0. The van der Waals surface area contributed by atoms with Crippen molar-refractivity contribution >= 4 is 0 Å². The maximum absolute atomic E-state index is 11.1. The van der Waals surface area contributed by atoms with Crippen LogP contribution in [0.2, 0.25) is 0 Å². The third-order valence-electron chi connectivity index (χ3n) is 6.95. The number of rotatable bonds is 6. The quantitative estimate of drug-likeness (QED) is 0.165. The van der Waals surface area contributed by atoms with Crippen LogP contribution in [-0.2, 0) is 18.9 Å². The Morgan fingerprint density at radius 3 is 2.03 bits per heavy atom. The average molecular weight is 497 g/mol. The summed E-state index contributed by atoms with van der Waals surface area (Å²) >= 11 is 0. The summed E-state index contributed by atoms with van der Waals surface area (Å²) in [4.78, 5) is 0. The van der Waals surface area contributed by atoms with Crippen molar-refractivity contribution in [3.8, 4) is 0 Å². The molecule has 3 fully saturated rings. The molecule has 14 heteroatoms. The molecule has 3 aliphatic rings. The molecule has 2 aliphatic heterocycles. The molecule has 0 bridgehead atoms. The molecular formula is C20H40N4O10. The van der Waals surface area contributed by atoms with Gasteiger partial charge in [-0.1, -0.05) is 0 Å². The van der Waals surface area contributed by atoms with Crippen molar-refractivity contribution < 1.29 is 49.6 Å². The van der Waals surface area contributed by atoms with Crippen molar-refractivity contribution in [1.82, 2.24) is 5.32 Å². The first-order chi connectivity index (χ1) is 15.8. The van der Waals surface area contributed by atoms with Crippen LogP contribution < -0.4 is 22.5 Å². The molecule has 2 heterocycles. The van der Waals surface area contributed by atoms with E-state index in [-0.39, 0.29) is 13.0 Å². The van der Waals surface area contributed by atoms with Gasteiger partial charge in [-0.2, -0.15) is 0 Å². The van der Waals surface area contributed by atoms with Gasteiger partial charge < -0.3 is 72.1 Å². The highest BCUT2D eigenvalue weighted by Gasteiger charge is 2.52. The molecule has 0 aromatic rings. The molecule has 200 valence electrons. The van der Waals surface area contributed by atoms with Gasteiger partial charge in [0.05, 0.1) is 24.8 Å². The molecule has 0 spiro atoms. The average Bonchev–Trinajstić information content (AvgIpc) is 2.75. The number of aliphatic hydroxyl groups excluding tert-OH is 5. The summed E-state index contributed by atoms with van der Waals surface area (Å²) < 4.78 is 22.8. The minimum atomic E-state index is -1.46. The lowest BCUT2D eigenvalue weighted by Gasteiger charge is -2.49. The normalized spacial score (nSPS) is 53.5. The molecule has 15 atom stereocenters. The third-order valence-corrected chi connectivity index (χ3v) is 6.95. The van der Waals surface area contributed by atoms with Gasteiger partial charge in [-0.25, -0.2) is 0 Å². The van der Waals surface area contributed by atoms with Crippen LogP contribution in [0, 0.1) is 0 Å². The Hall–Kier alpha value is -0.560. The lowest BCUT2D eigenvalue weighted by atomic mass is 9.84. The minimum Gasteiger partial charge on any atom is -0.391 e. The van der Waals surface area contributed by atoms with Gasteiger partial charge in [-0.15, -0.1) is 0 Å². The molecule has 1 aliphatic carbocycles. The van der Waals surface area contributed by atoms with Gasteiger partial charge in [0, 0.05) is 12.1 Å². The maximum Gasteiger partial charge on any atom is 0.185 e. The Bertz CT molecular complexity index is 675. The van der Waals surface area contributed by atoms with Gasteiger partial charge in [0.1, 0.15) is 48.3 Å². The molecule has 34 heavy (non-hydrogen) atoms. The molecule has 0 radical (unpaired) electrons. The second-order valence-corrected chi connectivity index (χ2v) is 9.82. The zero-order valence-electron chi connectivity index (χ0n) is 19.5. The topological polar surface area (TPSA) is 248 Å². The van der Waals surface area contributed by atoms with Gasteiger partial charge in [-0.3, -0.25) is 0 Å². The van der Waals surface area contributed by atoms with Gasteiger partial charge in [-0.05, 0) is 27.3 Å². The molecular weight excluding hydrogens is 456 g/mol. The summed E-state index contributed by atoms with van der Waals surface area (Å²) in [6.45, 7) is 2.75. The van der Waals surface area contributed by atoms with Crippen LogP contribution in [0.3, 0.4) is 0 Å². The number of ether oxygens (including phenoxy) is 4. The second kappa shape index (κ2) is 10.8. The van der Waals surface area contributed by atoms with E-state index in [4.69, 9.17) is 36.1 Å². The summed E-state index contributed by atoms with van der Waals surface area (Å²) in [6.07, 6.45) is -12.4. The fourth-order valence-electron chi connectivity index (χ4n) is 4.95. The van der Waals surface area contributed by atoms with Gasteiger partial charge in [0.15, 0.2) is 12.6 Å². The van der Waals surface area contributed by atoms with Crippen molar-refractivity contribution in [2.75, 3.05) is 13.7 Å². The van der Waals surface area contributed by atoms with Crippen LogP contribution in [0.25, 0.3) is 0 Å². The molecule has 1 saturated carbocycles. The first kappa shape index (κ1) is 28.0. The zero-order chi connectivity index (χ0) is 25.5. The molecule has 2 saturated heterocycles. The fraction of sp³-hybridized carbons (Fsp3) is 1.00. The molecule has 0 amide bonds. The second-order valence-electron chi connectivity index (χ2n) is 9.82. The zero-order valence-corrected chi connectivity index (χ0v) is 19.5. The van der Waals surface area contributed by atoms with Crippen LogP contribution in [0.5, 0.6) is 0 Å². The molecule has 3 rings (SSSR count). The maximum atomic E-state index is 11.1. The SMILES string of the molecule is CN[C@H]1[C@@H](O)C(OC2[C@H](N)CC(N)[C@@H](O[C@H]3OC([C@@H](C)O)[C@@H](O)[C@H](O)C3N)[C@@H]2O)OCC1(C)O. The summed E-state index contributed by atoms with van der Waals surface area (Å²) in [5, 5.41) is 65.2. The molecule has 0 aromatic carbocycles. The molecule has 13 N–H and O–H groups in total. The standard InChI is InChI=1S/C20H40N4O10/c1-6(25)14-11(27)10(26)9(23)18(32-14)33-15-7(21)4-8(22)16(12(15)28)34-19-13(29)17(24-3)20(2,30)5-31-19/h6-19,24-30H,4-5,21-23H2,1-3H3/t6-,7?,8-,9?,10-,11+,12+,13-,14?,15-,16?,17+,18-,19?,20?/m1/s1. The van der Waals surface area contributed by atoms with E-state index in [0.29, 0.717) is 0 Å². The monoisotopic (exact) mass is 496 g/mol. The first-order valence-corrected chi connectivity index (χ1v) is 11.4. The highest BCUT2D eigenvalue weighted by molar-refractivity contribution is 5.02. The lowest BCUT2D eigenvalue weighted by molar-refractivity contribution is -0.319.